The molecule has 4 heteroatoms. The van der Waals surface area contributed by atoms with Crippen LogP contribution in [0, 0.1) is 5.41 Å². The van der Waals surface area contributed by atoms with Crippen LogP contribution in [0.3, 0.4) is 0 Å². The molecule has 1 aromatic heterocycles. The van der Waals surface area contributed by atoms with Crippen molar-refractivity contribution in [2.24, 2.45) is 11.1 Å². The zero-order chi connectivity index (χ0) is 10.1. The Balaban J connectivity index is 0.00000169. The highest BCUT2D eigenvalue weighted by atomic mass is 79.9. The van der Waals surface area contributed by atoms with E-state index in [1.54, 1.807) is 6.20 Å². The van der Waals surface area contributed by atoms with E-state index in [9.17, 15) is 0 Å². The lowest BCUT2D eigenvalue weighted by atomic mass is 9.84. The minimum atomic E-state index is 0. The molecule has 80 valence electrons. The van der Waals surface area contributed by atoms with Crippen LogP contribution in [0.2, 0.25) is 0 Å². The smallest absolute Gasteiger partial charge is 0.0410 e. The second-order valence-corrected chi connectivity index (χ2v) is 5.20. The largest absolute Gasteiger partial charge is 0.323 e. The molecule has 1 aromatic rings. The standard InChI is InChI=1S/C10H15BrN2.ClH/c1-10(2,3)9(12)7-4-8(11)6-13-5-7;/h4-6,9H,12H2,1-3H3;1H/t9-;/m0./s1. The van der Waals surface area contributed by atoms with E-state index in [1.165, 1.54) is 0 Å². The van der Waals surface area contributed by atoms with Crippen molar-refractivity contribution in [2.75, 3.05) is 0 Å². The van der Waals surface area contributed by atoms with Gasteiger partial charge in [-0.15, -0.1) is 12.4 Å². The third-order valence-electron chi connectivity index (χ3n) is 2.02. The molecule has 14 heavy (non-hydrogen) atoms. The molecule has 1 heterocycles. The van der Waals surface area contributed by atoms with E-state index in [2.05, 4.69) is 41.7 Å². The molecule has 0 fully saturated rings. The molecule has 2 N–H and O–H groups in total. The summed E-state index contributed by atoms with van der Waals surface area (Å²) < 4.78 is 0.977. The van der Waals surface area contributed by atoms with Crippen LogP contribution < -0.4 is 5.73 Å². The summed E-state index contributed by atoms with van der Waals surface area (Å²) in [6, 6.07) is 2.04. The third kappa shape index (κ3) is 3.56. The SMILES string of the molecule is CC(C)(C)[C@@H](N)c1cncc(Br)c1.Cl. The first-order valence-electron chi connectivity index (χ1n) is 4.27. The number of hydrogen-bond donors (Lipinski definition) is 1. The first kappa shape index (κ1) is 13.9. The van der Waals surface area contributed by atoms with E-state index in [0.717, 1.165) is 10.0 Å². The van der Waals surface area contributed by atoms with Gasteiger partial charge >= 0.3 is 0 Å². The van der Waals surface area contributed by atoms with Gasteiger partial charge in [0.2, 0.25) is 0 Å². The summed E-state index contributed by atoms with van der Waals surface area (Å²) in [6.45, 7) is 6.37. The number of pyridine rings is 1. The molecular weight excluding hydrogens is 263 g/mol. The van der Waals surface area contributed by atoms with Crippen LogP contribution in [-0.2, 0) is 0 Å². The van der Waals surface area contributed by atoms with Gasteiger partial charge in [0, 0.05) is 22.9 Å². The van der Waals surface area contributed by atoms with Crippen molar-refractivity contribution in [3.05, 3.63) is 28.5 Å². The number of nitrogens with zero attached hydrogens (tertiary/aromatic N) is 1. The Bertz CT molecular complexity index is 296. The van der Waals surface area contributed by atoms with Crippen molar-refractivity contribution in [1.29, 1.82) is 0 Å². The molecule has 0 unspecified atom stereocenters. The van der Waals surface area contributed by atoms with Crippen molar-refractivity contribution in [3.8, 4) is 0 Å². The fourth-order valence-electron chi connectivity index (χ4n) is 1.10. The van der Waals surface area contributed by atoms with Crippen LogP contribution in [0.15, 0.2) is 22.9 Å². The topological polar surface area (TPSA) is 38.9 Å². The lowest BCUT2D eigenvalue weighted by Gasteiger charge is -2.27. The lowest BCUT2D eigenvalue weighted by Crippen LogP contribution is -2.26. The normalized spacial score (nSPS) is 13.2. The number of aromatic nitrogens is 1. The number of hydrogen-bond acceptors (Lipinski definition) is 2. The van der Waals surface area contributed by atoms with Gasteiger partial charge in [0.05, 0.1) is 0 Å². The van der Waals surface area contributed by atoms with Gasteiger partial charge in [-0.2, -0.15) is 0 Å². The first-order chi connectivity index (χ1) is 5.91. The van der Waals surface area contributed by atoms with Crippen LogP contribution in [0.5, 0.6) is 0 Å². The van der Waals surface area contributed by atoms with E-state index in [4.69, 9.17) is 5.73 Å². The molecule has 0 saturated carbocycles. The van der Waals surface area contributed by atoms with E-state index in [0.29, 0.717) is 0 Å². The maximum Gasteiger partial charge on any atom is 0.0410 e. The summed E-state index contributed by atoms with van der Waals surface area (Å²) in [6.07, 6.45) is 3.58. The van der Waals surface area contributed by atoms with Gasteiger partial charge in [-0.05, 0) is 33.0 Å². The van der Waals surface area contributed by atoms with Crippen LogP contribution in [0.1, 0.15) is 32.4 Å². The number of nitrogens with two attached hydrogens (primary N) is 1. The highest BCUT2D eigenvalue weighted by Gasteiger charge is 2.22. The molecule has 1 rings (SSSR count). The van der Waals surface area contributed by atoms with E-state index >= 15 is 0 Å². The van der Waals surface area contributed by atoms with E-state index in [-0.39, 0.29) is 23.9 Å². The van der Waals surface area contributed by atoms with Crippen molar-refractivity contribution in [1.82, 2.24) is 4.98 Å². The monoisotopic (exact) mass is 278 g/mol. The summed E-state index contributed by atoms with van der Waals surface area (Å²) in [5.74, 6) is 0. The zero-order valence-corrected chi connectivity index (χ0v) is 11.0. The van der Waals surface area contributed by atoms with Crippen molar-refractivity contribution >= 4 is 28.3 Å². The lowest BCUT2D eigenvalue weighted by molar-refractivity contribution is 0.326. The summed E-state index contributed by atoms with van der Waals surface area (Å²) in [7, 11) is 0. The Morgan fingerprint density at radius 1 is 1.36 bits per heavy atom. The average Bonchev–Trinajstić information content (AvgIpc) is 2.01. The maximum absolute atomic E-state index is 6.08. The quantitative estimate of drug-likeness (QED) is 0.856. The fraction of sp³-hybridized carbons (Fsp3) is 0.500. The average molecular weight is 280 g/mol. The Morgan fingerprint density at radius 3 is 2.36 bits per heavy atom. The molecule has 0 saturated heterocycles. The van der Waals surface area contributed by atoms with Gasteiger partial charge in [-0.25, -0.2) is 0 Å². The van der Waals surface area contributed by atoms with Gasteiger partial charge in [-0.1, -0.05) is 20.8 Å². The van der Waals surface area contributed by atoms with Gasteiger partial charge in [0.15, 0.2) is 0 Å². The second kappa shape index (κ2) is 5.10. The summed E-state index contributed by atoms with van der Waals surface area (Å²) in [4.78, 5) is 4.09. The molecule has 0 spiro atoms. The Kier molecular flexibility index (Phi) is 5.06. The molecule has 0 amide bonds. The molecule has 2 nitrogen and oxygen atoms in total. The van der Waals surface area contributed by atoms with Crippen molar-refractivity contribution in [3.63, 3.8) is 0 Å². The van der Waals surface area contributed by atoms with E-state index in [1.807, 2.05) is 12.3 Å². The van der Waals surface area contributed by atoms with Crippen LogP contribution in [0.4, 0.5) is 0 Å². The molecule has 0 radical (unpaired) electrons. The summed E-state index contributed by atoms with van der Waals surface area (Å²) in [5.41, 5.74) is 7.22. The zero-order valence-electron chi connectivity index (χ0n) is 8.62. The van der Waals surface area contributed by atoms with Crippen molar-refractivity contribution < 1.29 is 0 Å². The van der Waals surface area contributed by atoms with Crippen molar-refractivity contribution in [2.45, 2.75) is 26.8 Å². The number of rotatable bonds is 1. The summed E-state index contributed by atoms with van der Waals surface area (Å²) >= 11 is 3.38. The highest BCUT2D eigenvalue weighted by Crippen LogP contribution is 2.30. The van der Waals surface area contributed by atoms with Gasteiger partial charge in [0.25, 0.3) is 0 Å². The Hall–Kier alpha value is -0.120. The Labute approximate surface area is 99.8 Å². The minimum absolute atomic E-state index is 0. The Morgan fingerprint density at radius 2 is 1.93 bits per heavy atom. The van der Waals surface area contributed by atoms with Gasteiger partial charge in [0.1, 0.15) is 0 Å². The minimum Gasteiger partial charge on any atom is -0.323 e. The fourth-order valence-corrected chi connectivity index (χ4v) is 1.48. The van der Waals surface area contributed by atoms with Crippen LogP contribution in [-0.4, -0.2) is 4.98 Å². The van der Waals surface area contributed by atoms with Crippen LogP contribution in [0.25, 0.3) is 0 Å². The molecular formula is C10H16BrClN2. The predicted octanol–water partition coefficient (Wildman–Crippen LogP) is 3.31. The summed E-state index contributed by atoms with van der Waals surface area (Å²) in [5, 5.41) is 0. The predicted molar refractivity (Wildman–Crippen MR) is 65.6 cm³/mol. The van der Waals surface area contributed by atoms with Gasteiger partial charge < -0.3 is 5.73 Å². The van der Waals surface area contributed by atoms with Crippen LogP contribution >= 0.6 is 28.3 Å². The molecule has 0 aliphatic carbocycles. The van der Waals surface area contributed by atoms with Gasteiger partial charge in [-0.3, -0.25) is 4.98 Å². The molecule has 0 bridgehead atoms. The number of halogens is 2. The second-order valence-electron chi connectivity index (χ2n) is 4.28. The highest BCUT2D eigenvalue weighted by molar-refractivity contribution is 9.10. The molecule has 0 aliphatic heterocycles. The maximum atomic E-state index is 6.08. The third-order valence-corrected chi connectivity index (χ3v) is 2.45. The molecule has 0 aromatic carbocycles. The molecule has 1 atom stereocenters. The molecule has 0 aliphatic rings. The first-order valence-corrected chi connectivity index (χ1v) is 5.06. The van der Waals surface area contributed by atoms with E-state index < -0.39 is 0 Å².